The number of nitrogens with zero attached hydrogens (tertiary/aromatic N) is 3. The highest BCUT2D eigenvalue weighted by Gasteiger charge is 2.32. The number of hydrogen-bond donors (Lipinski definition) is 2. The van der Waals surface area contributed by atoms with E-state index in [1.54, 1.807) is 0 Å². The van der Waals surface area contributed by atoms with Crippen molar-refractivity contribution in [2.75, 3.05) is 25.0 Å². The minimum absolute atomic E-state index is 0. The molecular weight excluding hydrogens is 398 g/mol. The SMILES string of the molecule is Cc1nn(-c2ccccc2)c(C)c1NC(=O)CN1C[C@@H](N)[C@H](c2ccccc2)C1.Cl. The minimum Gasteiger partial charge on any atom is -0.326 e. The van der Waals surface area contributed by atoms with Crippen molar-refractivity contribution in [1.29, 1.82) is 0 Å². The highest BCUT2D eigenvalue weighted by molar-refractivity contribution is 5.93. The maximum Gasteiger partial charge on any atom is 0.238 e. The Balaban J connectivity index is 0.00000256. The molecule has 3 N–H and O–H groups in total. The number of nitrogens with two attached hydrogens (primary N) is 1. The van der Waals surface area contributed by atoms with Crippen molar-refractivity contribution in [3.8, 4) is 5.69 Å². The van der Waals surface area contributed by atoms with Crippen LogP contribution in [0.4, 0.5) is 5.69 Å². The molecule has 1 fully saturated rings. The van der Waals surface area contributed by atoms with Crippen LogP contribution in [0.3, 0.4) is 0 Å². The smallest absolute Gasteiger partial charge is 0.238 e. The number of carbonyl (C=O) groups excluding carboxylic acids is 1. The van der Waals surface area contributed by atoms with Gasteiger partial charge < -0.3 is 11.1 Å². The maximum absolute atomic E-state index is 12.7. The van der Waals surface area contributed by atoms with Crippen molar-refractivity contribution in [3.63, 3.8) is 0 Å². The fourth-order valence-electron chi connectivity index (χ4n) is 4.12. The van der Waals surface area contributed by atoms with E-state index in [2.05, 4.69) is 27.4 Å². The second-order valence-electron chi connectivity index (χ2n) is 7.72. The second kappa shape index (κ2) is 9.43. The zero-order valence-electron chi connectivity index (χ0n) is 17.3. The lowest BCUT2D eigenvalue weighted by Crippen LogP contribution is -2.34. The molecule has 3 aromatic rings. The van der Waals surface area contributed by atoms with Crippen molar-refractivity contribution in [2.24, 2.45) is 5.73 Å². The van der Waals surface area contributed by atoms with Gasteiger partial charge in [0.2, 0.25) is 5.91 Å². The molecular formula is C23H28ClN5O. The van der Waals surface area contributed by atoms with Crippen LogP contribution in [0.2, 0.25) is 0 Å². The lowest BCUT2D eigenvalue weighted by molar-refractivity contribution is -0.117. The summed E-state index contributed by atoms with van der Waals surface area (Å²) in [4.78, 5) is 14.9. The van der Waals surface area contributed by atoms with Gasteiger partial charge in [0.15, 0.2) is 0 Å². The molecule has 1 aromatic heterocycles. The zero-order valence-corrected chi connectivity index (χ0v) is 18.1. The van der Waals surface area contributed by atoms with E-state index in [9.17, 15) is 4.79 Å². The Bertz CT molecular complexity index is 990. The van der Waals surface area contributed by atoms with Gasteiger partial charge in [0.05, 0.1) is 29.3 Å². The van der Waals surface area contributed by atoms with Crippen LogP contribution in [-0.2, 0) is 4.79 Å². The molecule has 2 aromatic carbocycles. The molecule has 4 rings (SSSR count). The Kier molecular flexibility index (Phi) is 6.92. The van der Waals surface area contributed by atoms with Crippen LogP contribution in [0.15, 0.2) is 60.7 Å². The van der Waals surface area contributed by atoms with Gasteiger partial charge in [0.1, 0.15) is 0 Å². The number of likely N-dealkylation sites (tertiary alicyclic amines) is 1. The predicted molar refractivity (Wildman–Crippen MR) is 123 cm³/mol. The fourth-order valence-corrected chi connectivity index (χ4v) is 4.12. The summed E-state index contributed by atoms with van der Waals surface area (Å²) in [5.74, 6) is 0.220. The summed E-state index contributed by atoms with van der Waals surface area (Å²) >= 11 is 0. The minimum atomic E-state index is -0.0373. The number of carbonyl (C=O) groups is 1. The summed E-state index contributed by atoms with van der Waals surface area (Å²) in [6.07, 6.45) is 0. The third-order valence-electron chi connectivity index (χ3n) is 5.59. The number of anilines is 1. The molecule has 158 valence electrons. The van der Waals surface area contributed by atoms with Gasteiger partial charge in [-0.05, 0) is 31.5 Å². The Hall–Kier alpha value is -2.67. The molecule has 1 aliphatic heterocycles. The first-order valence-corrected chi connectivity index (χ1v) is 9.97. The molecule has 0 spiro atoms. The Morgan fingerprint density at radius 3 is 2.37 bits per heavy atom. The average Bonchev–Trinajstić information content (AvgIpc) is 3.23. The van der Waals surface area contributed by atoms with Crippen molar-refractivity contribution in [1.82, 2.24) is 14.7 Å². The van der Waals surface area contributed by atoms with E-state index in [1.165, 1.54) is 5.56 Å². The van der Waals surface area contributed by atoms with E-state index >= 15 is 0 Å². The third kappa shape index (κ3) is 4.56. The summed E-state index contributed by atoms with van der Waals surface area (Å²) in [5.41, 5.74) is 11.1. The zero-order chi connectivity index (χ0) is 20.4. The molecule has 6 nitrogen and oxygen atoms in total. The first-order valence-electron chi connectivity index (χ1n) is 9.97. The number of aromatic nitrogens is 2. The molecule has 2 atom stereocenters. The average molecular weight is 426 g/mol. The van der Waals surface area contributed by atoms with Crippen LogP contribution in [-0.4, -0.2) is 46.3 Å². The summed E-state index contributed by atoms with van der Waals surface area (Å²) in [6.45, 7) is 5.72. The van der Waals surface area contributed by atoms with Gasteiger partial charge in [0, 0.05) is 25.0 Å². The van der Waals surface area contributed by atoms with E-state index in [1.807, 2.05) is 67.1 Å². The van der Waals surface area contributed by atoms with Gasteiger partial charge in [-0.2, -0.15) is 5.10 Å². The van der Waals surface area contributed by atoms with Crippen LogP contribution in [0, 0.1) is 13.8 Å². The molecule has 7 heteroatoms. The Morgan fingerprint density at radius 2 is 1.70 bits per heavy atom. The first-order chi connectivity index (χ1) is 14.0. The molecule has 30 heavy (non-hydrogen) atoms. The molecule has 0 aliphatic carbocycles. The molecule has 0 saturated carbocycles. The van der Waals surface area contributed by atoms with E-state index in [0.717, 1.165) is 29.3 Å². The largest absolute Gasteiger partial charge is 0.326 e. The van der Waals surface area contributed by atoms with Crippen LogP contribution < -0.4 is 11.1 Å². The summed E-state index contributed by atoms with van der Waals surface area (Å²) in [6, 6.07) is 20.3. The summed E-state index contributed by atoms with van der Waals surface area (Å²) in [7, 11) is 0. The van der Waals surface area contributed by atoms with Gasteiger partial charge in [-0.15, -0.1) is 12.4 Å². The van der Waals surface area contributed by atoms with Crippen LogP contribution in [0.5, 0.6) is 0 Å². The molecule has 2 heterocycles. The van der Waals surface area contributed by atoms with Gasteiger partial charge in [-0.1, -0.05) is 48.5 Å². The number of para-hydroxylation sites is 1. The number of benzene rings is 2. The maximum atomic E-state index is 12.7. The highest BCUT2D eigenvalue weighted by atomic mass is 35.5. The predicted octanol–water partition coefficient (Wildman–Crippen LogP) is 3.28. The van der Waals surface area contributed by atoms with Gasteiger partial charge in [-0.3, -0.25) is 9.69 Å². The lowest BCUT2D eigenvalue weighted by atomic mass is 9.95. The summed E-state index contributed by atoms with van der Waals surface area (Å²) < 4.78 is 1.86. The second-order valence-corrected chi connectivity index (χ2v) is 7.72. The van der Waals surface area contributed by atoms with Crippen molar-refractivity contribution in [2.45, 2.75) is 25.8 Å². The Morgan fingerprint density at radius 1 is 1.07 bits per heavy atom. The van der Waals surface area contributed by atoms with Crippen LogP contribution in [0.25, 0.3) is 5.69 Å². The van der Waals surface area contributed by atoms with E-state index in [-0.39, 0.29) is 30.3 Å². The van der Waals surface area contributed by atoms with Crippen LogP contribution >= 0.6 is 12.4 Å². The molecule has 1 amide bonds. The number of nitrogens with one attached hydrogen (secondary N) is 1. The third-order valence-corrected chi connectivity index (χ3v) is 5.59. The lowest BCUT2D eigenvalue weighted by Gasteiger charge is -2.16. The molecule has 1 aliphatic rings. The number of amides is 1. The van der Waals surface area contributed by atoms with Gasteiger partial charge >= 0.3 is 0 Å². The topological polar surface area (TPSA) is 76.2 Å². The van der Waals surface area contributed by atoms with Crippen LogP contribution in [0.1, 0.15) is 22.9 Å². The fraction of sp³-hybridized carbons (Fsp3) is 0.304. The molecule has 0 bridgehead atoms. The van der Waals surface area contributed by atoms with Crippen molar-refractivity contribution < 1.29 is 4.79 Å². The van der Waals surface area contributed by atoms with Crippen molar-refractivity contribution in [3.05, 3.63) is 77.6 Å². The number of aryl methyl sites for hydroxylation is 1. The quantitative estimate of drug-likeness (QED) is 0.657. The van der Waals surface area contributed by atoms with E-state index < -0.39 is 0 Å². The molecule has 0 radical (unpaired) electrons. The summed E-state index contributed by atoms with van der Waals surface area (Å²) in [5, 5.41) is 7.66. The van der Waals surface area contributed by atoms with Gasteiger partial charge in [-0.25, -0.2) is 4.68 Å². The van der Waals surface area contributed by atoms with E-state index in [4.69, 9.17) is 5.73 Å². The number of hydrogen-bond acceptors (Lipinski definition) is 4. The normalized spacial score (nSPS) is 18.8. The van der Waals surface area contributed by atoms with E-state index in [0.29, 0.717) is 13.1 Å². The standard InChI is InChI=1S/C23H27N5O.ClH/c1-16-23(17(2)28(26-16)19-11-7-4-8-12-19)25-22(29)15-27-13-20(21(24)14-27)18-9-5-3-6-10-18;/h3-12,20-21H,13-15,24H2,1-2H3,(H,25,29);1H/t20-,21+;/m0./s1. The first kappa shape index (κ1) is 22.0. The molecule has 1 saturated heterocycles. The van der Waals surface area contributed by atoms with Gasteiger partial charge in [0.25, 0.3) is 0 Å². The van der Waals surface area contributed by atoms with Crippen molar-refractivity contribution >= 4 is 24.0 Å². The Labute approximate surface area is 183 Å². The number of halogens is 1. The monoisotopic (exact) mass is 425 g/mol. The highest BCUT2D eigenvalue weighted by Crippen LogP contribution is 2.27. The number of rotatable bonds is 5. The molecule has 0 unspecified atom stereocenters.